The van der Waals surface area contributed by atoms with Crippen molar-refractivity contribution in [1.29, 1.82) is 0 Å². The van der Waals surface area contributed by atoms with Crippen molar-refractivity contribution >= 4 is 11.8 Å². The Labute approximate surface area is 87.7 Å². The molecule has 1 fully saturated rings. The van der Waals surface area contributed by atoms with Gasteiger partial charge in [-0.1, -0.05) is 6.07 Å². The molecule has 1 saturated heterocycles. The maximum absolute atomic E-state index is 11.8. The first-order valence-corrected chi connectivity index (χ1v) is 4.80. The summed E-state index contributed by atoms with van der Waals surface area (Å²) >= 11 is 0. The lowest BCUT2D eigenvalue weighted by molar-refractivity contribution is 0.0876. The minimum absolute atomic E-state index is 0.0365. The van der Waals surface area contributed by atoms with Crippen LogP contribution in [0.1, 0.15) is 27.6 Å². The Bertz CT molecular complexity index is 428. The zero-order valence-corrected chi connectivity index (χ0v) is 8.43. The molecule has 0 aliphatic carbocycles. The van der Waals surface area contributed by atoms with Crippen molar-refractivity contribution in [2.24, 2.45) is 5.73 Å². The quantitative estimate of drug-likeness (QED) is 0.718. The molecule has 0 spiro atoms. The number of nitrogens with two attached hydrogens (primary N) is 1. The van der Waals surface area contributed by atoms with E-state index in [4.69, 9.17) is 5.73 Å². The highest BCUT2D eigenvalue weighted by atomic mass is 16.2. The fourth-order valence-corrected chi connectivity index (χ4v) is 1.49. The second kappa shape index (κ2) is 3.38. The zero-order valence-electron chi connectivity index (χ0n) is 8.43. The van der Waals surface area contributed by atoms with Gasteiger partial charge in [0.25, 0.3) is 5.91 Å². The molecular formula is C11H12N2O2. The number of nitrogens with zero attached hydrogens (tertiary/aromatic N) is 1. The van der Waals surface area contributed by atoms with Crippen LogP contribution in [0.5, 0.6) is 0 Å². The van der Waals surface area contributed by atoms with E-state index in [-0.39, 0.29) is 5.91 Å². The van der Waals surface area contributed by atoms with Gasteiger partial charge in [0, 0.05) is 23.7 Å². The molecule has 1 unspecified atom stereocenters. The van der Waals surface area contributed by atoms with Gasteiger partial charge in [-0.2, -0.15) is 0 Å². The third-order valence-electron chi connectivity index (χ3n) is 2.51. The van der Waals surface area contributed by atoms with Gasteiger partial charge in [-0.05, 0) is 25.1 Å². The summed E-state index contributed by atoms with van der Waals surface area (Å²) in [5.74, 6) is -0.547. The third-order valence-corrected chi connectivity index (χ3v) is 2.51. The molecule has 15 heavy (non-hydrogen) atoms. The first-order valence-electron chi connectivity index (χ1n) is 4.80. The molecule has 1 atom stereocenters. The van der Waals surface area contributed by atoms with Gasteiger partial charge in [0.1, 0.15) is 0 Å². The van der Waals surface area contributed by atoms with E-state index in [1.54, 1.807) is 23.1 Å². The minimum Gasteiger partial charge on any atom is -0.366 e. The highest BCUT2D eigenvalue weighted by Gasteiger charge is 2.34. The first kappa shape index (κ1) is 9.71. The normalized spacial score (nSPS) is 18.7. The van der Waals surface area contributed by atoms with Crippen LogP contribution < -0.4 is 5.73 Å². The van der Waals surface area contributed by atoms with E-state index >= 15 is 0 Å². The second-order valence-electron chi connectivity index (χ2n) is 3.75. The van der Waals surface area contributed by atoms with Crippen molar-refractivity contribution < 1.29 is 9.59 Å². The molecule has 2 N–H and O–H groups in total. The number of carbonyl (C=O) groups excluding carboxylic acids is 2. The van der Waals surface area contributed by atoms with Gasteiger partial charge in [0.15, 0.2) is 0 Å². The summed E-state index contributed by atoms with van der Waals surface area (Å²) in [6.07, 6.45) is 0. The lowest BCUT2D eigenvalue weighted by atomic mass is 10.1. The van der Waals surface area contributed by atoms with E-state index in [0.717, 1.165) is 6.54 Å². The average molecular weight is 204 g/mol. The molecule has 1 aliphatic heterocycles. The molecule has 0 saturated carbocycles. The molecule has 2 rings (SSSR count). The van der Waals surface area contributed by atoms with Crippen molar-refractivity contribution in [1.82, 2.24) is 4.90 Å². The average Bonchev–Trinajstić information content (AvgIpc) is 2.94. The molecule has 1 aromatic carbocycles. The van der Waals surface area contributed by atoms with Gasteiger partial charge < -0.3 is 10.6 Å². The van der Waals surface area contributed by atoms with Crippen molar-refractivity contribution in [3.05, 3.63) is 35.4 Å². The Kier molecular flexibility index (Phi) is 2.19. The van der Waals surface area contributed by atoms with Crippen molar-refractivity contribution in [2.75, 3.05) is 6.54 Å². The van der Waals surface area contributed by atoms with E-state index in [2.05, 4.69) is 0 Å². The van der Waals surface area contributed by atoms with E-state index in [1.165, 1.54) is 6.07 Å². The summed E-state index contributed by atoms with van der Waals surface area (Å²) < 4.78 is 0. The van der Waals surface area contributed by atoms with Crippen LogP contribution in [0.2, 0.25) is 0 Å². The van der Waals surface area contributed by atoms with Gasteiger partial charge in [-0.3, -0.25) is 9.59 Å². The maximum Gasteiger partial charge on any atom is 0.254 e. The van der Waals surface area contributed by atoms with Crippen LogP contribution in [-0.4, -0.2) is 29.3 Å². The third kappa shape index (κ3) is 1.83. The predicted molar refractivity (Wildman–Crippen MR) is 55.5 cm³/mol. The van der Waals surface area contributed by atoms with Gasteiger partial charge in [-0.15, -0.1) is 0 Å². The van der Waals surface area contributed by atoms with E-state index < -0.39 is 5.91 Å². The molecule has 0 aromatic heterocycles. The van der Waals surface area contributed by atoms with Crippen LogP contribution in [0.4, 0.5) is 0 Å². The van der Waals surface area contributed by atoms with E-state index in [0.29, 0.717) is 17.2 Å². The van der Waals surface area contributed by atoms with Gasteiger partial charge >= 0.3 is 0 Å². The van der Waals surface area contributed by atoms with Crippen LogP contribution in [0.15, 0.2) is 24.3 Å². The number of hydrogen-bond acceptors (Lipinski definition) is 2. The fraction of sp³-hybridized carbons (Fsp3) is 0.273. The Balaban J connectivity index is 2.25. The monoisotopic (exact) mass is 204 g/mol. The lowest BCUT2D eigenvalue weighted by Crippen LogP contribution is -2.15. The molecule has 1 heterocycles. The lowest BCUT2D eigenvalue weighted by Gasteiger charge is -2.03. The number of rotatable bonds is 2. The van der Waals surface area contributed by atoms with Crippen molar-refractivity contribution in [3.8, 4) is 0 Å². The smallest absolute Gasteiger partial charge is 0.254 e. The largest absolute Gasteiger partial charge is 0.366 e. The molecule has 1 aliphatic rings. The fourth-order valence-electron chi connectivity index (χ4n) is 1.49. The van der Waals surface area contributed by atoms with Crippen molar-refractivity contribution in [3.63, 3.8) is 0 Å². The van der Waals surface area contributed by atoms with Crippen LogP contribution in [0.3, 0.4) is 0 Å². The Morgan fingerprint density at radius 1 is 1.40 bits per heavy atom. The summed E-state index contributed by atoms with van der Waals surface area (Å²) in [5, 5.41) is 0. The maximum atomic E-state index is 11.8. The summed E-state index contributed by atoms with van der Waals surface area (Å²) in [6.45, 7) is 2.77. The highest BCUT2D eigenvalue weighted by molar-refractivity contribution is 5.99. The van der Waals surface area contributed by atoms with Gasteiger partial charge in [0.05, 0.1) is 0 Å². The van der Waals surface area contributed by atoms with Crippen LogP contribution in [0, 0.1) is 0 Å². The predicted octanol–water partition coefficient (Wildman–Crippen LogP) is 0.630. The van der Waals surface area contributed by atoms with Crippen LogP contribution in [0.25, 0.3) is 0 Å². The standard InChI is InChI=1S/C11H12N2O2/c1-7-6-13(7)11(15)9-4-2-3-8(5-9)10(12)14/h2-5,7H,6H2,1H3,(H2,12,14). The summed E-state index contributed by atoms with van der Waals surface area (Å²) in [4.78, 5) is 24.4. The molecule has 78 valence electrons. The van der Waals surface area contributed by atoms with Gasteiger partial charge in [-0.25, -0.2) is 0 Å². The number of amides is 2. The molecule has 0 radical (unpaired) electrons. The number of hydrogen-bond donors (Lipinski definition) is 1. The molecule has 4 heteroatoms. The van der Waals surface area contributed by atoms with Crippen LogP contribution >= 0.6 is 0 Å². The molecule has 2 amide bonds. The summed E-state index contributed by atoms with van der Waals surface area (Å²) in [7, 11) is 0. The number of carbonyl (C=O) groups is 2. The Morgan fingerprint density at radius 3 is 2.53 bits per heavy atom. The topological polar surface area (TPSA) is 63.2 Å². The minimum atomic E-state index is -0.511. The van der Waals surface area contributed by atoms with Crippen molar-refractivity contribution in [2.45, 2.75) is 13.0 Å². The van der Waals surface area contributed by atoms with E-state index in [1.807, 2.05) is 6.92 Å². The molecule has 0 bridgehead atoms. The number of primary amides is 1. The second-order valence-corrected chi connectivity index (χ2v) is 3.75. The Hall–Kier alpha value is -1.84. The Morgan fingerprint density at radius 2 is 2.00 bits per heavy atom. The summed E-state index contributed by atoms with van der Waals surface area (Å²) in [6, 6.07) is 6.82. The molecule has 1 aromatic rings. The highest BCUT2D eigenvalue weighted by Crippen LogP contribution is 2.20. The van der Waals surface area contributed by atoms with Gasteiger partial charge in [0.2, 0.25) is 5.91 Å². The molecule has 4 nitrogen and oxygen atoms in total. The van der Waals surface area contributed by atoms with Crippen LogP contribution in [-0.2, 0) is 0 Å². The number of benzene rings is 1. The van der Waals surface area contributed by atoms with E-state index in [9.17, 15) is 9.59 Å². The SMILES string of the molecule is CC1CN1C(=O)c1cccc(C(N)=O)c1. The first-order chi connectivity index (χ1) is 7.09. The summed E-state index contributed by atoms with van der Waals surface area (Å²) in [5.41, 5.74) is 6.03. The molecular weight excluding hydrogens is 192 g/mol. The zero-order chi connectivity index (χ0) is 11.0.